The fraction of sp³-hybridized carbons (Fsp3) is 0.625. The Morgan fingerprint density at radius 2 is 2.06 bits per heavy atom. The molecule has 1 aliphatic heterocycles. The van der Waals surface area contributed by atoms with Crippen LogP contribution in [-0.2, 0) is 11.2 Å². The third-order valence-electron chi connectivity index (χ3n) is 3.80. The Bertz CT molecular complexity index is 341. The summed E-state index contributed by atoms with van der Waals surface area (Å²) in [5.74, 6) is 0. The van der Waals surface area contributed by atoms with Crippen molar-refractivity contribution in [3.63, 3.8) is 0 Å². The second kappa shape index (κ2) is 6.91. The van der Waals surface area contributed by atoms with Gasteiger partial charge < -0.3 is 10.5 Å². The molecule has 1 heterocycles. The van der Waals surface area contributed by atoms with Crippen molar-refractivity contribution in [1.29, 1.82) is 0 Å². The summed E-state index contributed by atoms with van der Waals surface area (Å²) in [5, 5.41) is 0. The third kappa shape index (κ3) is 3.56. The highest BCUT2D eigenvalue weighted by molar-refractivity contribution is 5.25. The SMILES string of the molecule is CCCCc1ccc(C(N)C2CCCCO2)cc1. The molecule has 1 aromatic rings. The molecule has 2 atom stereocenters. The highest BCUT2D eigenvalue weighted by atomic mass is 16.5. The number of hydrogen-bond donors (Lipinski definition) is 1. The highest BCUT2D eigenvalue weighted by Gasteiger charge is 2.22. The average Bonchev–Trinajstić information content (AvgIpc) is 2.46. The van der Waals surface area contributed by atoms with Crippen LogP contribution in [0.1, 0.15) is 56.2 Å². The fourth-order valence-corrected chi connectivity index (χ4v) is 2.55. The Kier molecular flexibility index (Phi) is 5.21. The lowest BCUT2D eigenvalue weighted by molar-refractivity contribution is 0.0000108. The Hall–Kier alpha value is -0.860. The molecule has 0 aromatic heterocycles. The monoisotopic (exact) mass is 247 g/mol. The van der Waals surface area contributed by atoms with Gasteiger partial charge in [0.1, 0.15) is 0 Å². The molecule has 0 saturated carbocycles. The maximum atomic E-state index is 6.29. The van der Waals surface area contributed by atoms with Gasteiger partial charge in [0.25, 0.3) is 0 Å². The fourth-order valence-electron chi connectivity index (χ4n) is 2.55. The maximum absolute atomic E-state index is 6.29. The van der Waals surface area contributed by atoms with Crippen LogP contribution in [0.3, 0.4) is 0 Å². The minimum Gasteiger partial charge on any atom is -0.376 e. The zero-order valence-electron chi connectivity index (χ0n) is 11.4. The first kappa shape index (κ1) is 13.6. The van der Waals surface area contributed by atoms with Gasteiger partial charge in [-0.2, -0.15) is 0 Å². The van der Waals surface area contributed by atoms with Crippen LogP contribution >= 0.6 is 0 Å². The molecule has 0 spiro atoms. The van der Waals surface area contributed by atoms with E-state index in [-0.39, 0.29) is 12.1 Å². The third-order valence-corrected chi connectivity index (χ3v) is 3.80. The Labute approximate surface area is 111 Å². The molecule has 2 rings (SSSR count). The van der Waals surface area contributed by atoms with Crippen LogP contribution in [0.15, 0.2) is 24.3 Å². The first-order chi connectivity index (χ1) is 8.81. The highest BCUT2D eigenvalue weighted by Crippen LogP contribution is 2.24. The summed E-state index contributed by atoms with van der Waals surface area (Å²) in [6.45, 7) is 3.09. The van der Waals surface area contributed by atoms with E-state index in [1.165, 1.54) is 43.2 Å². The lowest BCUT2D eigenvalue weighted by atomic mass is 9.95. The van der Waals surface area contributed by atoms with E-state index in [4.69, 9.17) is 10.5 Å². The Balaban J connectivity index is 1.95. The van der Waals surface area contributed by atoms with Gasteiger partial charge in [0.15, 0.2) is 0 Å². The van der Waals surface area contributed by atoms with E-state index in [0.717, 1.165) is 13.0 Å². The van der Waals surface area contributed by atoms with E-state index in [2.05, 4.69) is 31.2 Å². The van der Waals surface area contributed by atoms with Gasteiger partial charge in [-0.15, -0.1) is 0 Å². The molecule has 0 bridgehead atoms. The number of unbranched alkanes of at least 4 members (excludes halogenated alkanes) is 1. The summed E-state index contributed by atoms with van der Waals surface area (Å²) in [6.07, 6.45) is 7.41. The van der Waals surface area contributed by atoms with Crippen molar-refractivity contribution in [2.75, 3.05) is 6.61 Å². The van der Waals surface area contributed by atoms with Crippen molar-refractivity contribution in [3.05, 3.63) is 35.4 Å². The summed E-state index contributed by atoms with van der Waals surface area (Å²) in [5.41, 5.74) is 8.92. The minimum absolute atomic E-state index is 0.0329. The molecule has 0 aliphatic carbocycles. The topological polar surface area (TPSA) is 35.2 Å². The lowest BCUT2D eigenvalue weighted by Gasteiger charge is -2.28. The predicted octanol–water partition coefficient (Wildman–Crippen LogP) is 3.60. The van der Waals surface area contributed by atoms with Crippen LogP contribution in [0.2, 0.25) is 0 Å². The van der Waals surface area contributed by atoms with E-state index in [1.807, 2.05) is 0 Å². The quantitative estimate of drug-likeness (QED) is 0.863. The maximum Gasteiger partial charge on any atom is 0.0767 e. The largest absolute Gasteiger partial charge is 0.376 e. The number of ether oxygens (including phenoxy) is 1. The second-order valence-corrected chi connectivity index (χ2v) is 5.28. The van der Waals surface area contributed by atoms with Crippen molar-refractivity contribution >= 4 is 0 Å². The zero-order chi connectivity index (χ0) is 12.8. The average molecular weight is 247 g/mol. The molecule has 0 radical (unpaired) electrons. The van der Waals surface area contributed by atoms with E-state index < -0.39 is 0 Å². The van der Waals surface area contributed by atoms with Gasteiger partial charge in [-0.25, -0.2) is 0 Å². The van der Waals surface area contributed by atoms with Crippen LogP contribution in [0.25, 0.3) is 0 Å². The smallest absolute Gasteiger partial charge is 0.0767 e. The molecule has 1 aliphatic rings. The van der Waals surface area contributed by atoms with Gasteiger partial charge in [0, 0.05) is 6.61 Å². The van der Waals surface area contributed by atoms with Crippen LogP contribution in [-0.4, -0.2) is 12.7 Å². The van der Waals surface area contributed by atoms with Crippen LogP contribution in [0.4, 0.5) is 0 Å². The molecule has 2 N–H and O–H groups in total. The summed E-state index contributed by atoms with van der Waals surface area (Å²) >= 11 is 0. The zero-order valence-corrected chi connectivity index (χ0v) is 11.4. The molecule has 18 heavy (non-hydrogen) atoms. The molecular formula is C16H25NO. The second-order valence-electron chi connectivity index (χ2n) is 5.28. The molecule has 1 saturated heterocycles. The van der Waals surface area contributed by atoms with Gasteiger partial charge in [-0.05, 0) is 43.2 Å². The summed E-state index contributed by atoms with van der Waals surface area (Å²) < 4.78 is 5.76. The summed E-state index contributed by atoms with van der Waals surface area (Å²) in [4.78, 5) is 0. The molecule has 100 valence electrons. The van der Waals surface area contributed by atoms with Crippen molar-refractivity contribution in [3.8, 4) is 0 Å². The normalized spacial score (nSPS) is 21.8. The number of hydrogen-bond acceptors (Lipinski definition) is 2. The van der Waals surface area contributed by atoms with Crippen molar-refractivity contribution in [1.82, 2.24) is 0 Å². The summed E-state index contributed by atoms with van der Waals surface area (Å²) in [6, 6.07) is 8.81. The van der Waals surface area contributed by atoms with Gasteiger partial charge in [-0.3, -0.25) is 0 Å². The number of aryl methyl sites for hydroxylation is 1. The molecule has 2 unspecified atom stereocenters. The molecule has 1 aromatic carbocycles. The van der Waals surface area contributed by atoms with Crippen molar-refractivity contribution in [2.24, 2.45) is 5.73 Å². The summed E-state index contributed by atoms with van der Waals surface area (Å²) in [7, 11) is 0. The first-order valence-electron chi connectivity index (χ1n) is 7.27. The molecule has 1 fully saturated rings. The van der Waals surface area contributed by atoms with Crippen molar-refractivity contribution < 1.29 is 4.74 Å². The number of nitrogens with two attached hydrogens (primary N) is 1. The molecule has 2 nitrogen and oxygen atoms in total. The molecule has 0 amide bonds. The number of benzene rings is 1. The van der Waals surface area contributed by atoms with E-state index >= 15 is 0 Å². The van der Waals surface area contributed by atoms with Gasteiger partial charge >= 0.3 is 0 Å². The standard InChI is InChI=1S/C16H25NO/c1-2-3-6-13-8-10-14(11-9-13)16(17)15-7-4-5-12-18-15/h8-11,15-16H,2-7,12,17H2,1H3. The molecule has 2 heteroatoms. The lowest BCUT2D eigenvalue weighted by Crippen LogP contribution is -2.31. The van der Waals surface area contributed by atoms with Crippen molar-refractivity contribution in [2.45, 2.75) is 57.6 Å². The van der Waals surface area contributed by atoms with E-state index in [9.17, 15) is 0 Å². The van der Waals surface area contributed by atoms with Crippen LogP contribution < -0.4 is 5.73 Å². The van der Waals surface area contributed by atoms with Gasteiger partial charge in [0.2, 0.25) is 0 Å². The van der Waals surface area contributed by atoms with E-state index in [1.54, 1.807) is 0 Å². The van der Waals surface area contributed by atoms with Crippen LogP contribution in [0, 0.1) is 0 Å². The Morgan fingerprint density at radius 3 is 2.67 bits per heavy atom. The van der Waals surface area contributed by atoms with Crippen LogP contribution in [0.5, 0.6) is 0 Å². The minimum atomic E-state index is 0.0329. The van der Waals surface area contributed by atoms with E-state index in [0.29, 0.717) is 0 Å². The Morgan fingerprint density at radius 1 is 1.28 bits per heavy atom. The van der Waals surface area contributed by atoms with Gasteiger partial charge in [0.05, 0.1) is 12.1 Å². The first-order valence-corrected chi connectivity index (χ1v) is 7.27. The molecular weight excluding hydrogens is 222 g/mol. The van der Waals surface area contributed by atoms with Gasteiger partial charge in [-0.1, -0.05) is 37.6 Å². The predicted molar refractivity (Wildman–Crippen MR) is 75.6 cm³/mol. The number of rotatable bonds is 5.